The second-order valence-corrected chi connectivity index (χ2v) is 3.66. The van der Waals surface area contributed by atoms with E-state index in [0.29, 0.717) is 28.5 Å². The number of hydrogen-bond acceptors (Lipinski definition) is 1. The Hall–Kier alpha value is -0.790. The van der Waals surface area contributed by atoms with Crippen molar-refractivity contribution < 1.29 is 4.79 Å². The molecule has 3 heteroatoms. The maximum Gasteiger partial charge on any atom is 0.166 e. The van der Waals surface area contributed by atoms with E-state index in [-0.39, 0.29) is 5.78 Å². The third kappa shape index (κ3) is 2.60. The van der Waals surface area contributed by atoms with Gasteiger partial charge >= 0.3 is 0 Å². The van der Waals surface area contributed by atoms with E-state index in [1.807, 2.05) is 0 Å². The predicted octanol–water partition coefficient (Wildman–Crippen LogP) is 4.14. The smallest absolute Gasteiger partial charge is 0.166 e. The van der Waals surface area contributed by atoms with Gasteiger partial charge in [0.2, 0.25) is 0 Å². The fourth-order valence-corrected chi connectivity index (χ4v) is 1.73. The van der Waals surface area contributed by atoms with Gasteiger partial charge in [-0.2, -0.15) is 0 Å². The Morgan fingerprint density at radius 2 is 1.93 bits per heavy atom. The van der Waals surface area contributed by atoms with Gasteiger partial charge in [-0.25, -0.2) is 0 Å². The Kier molecular flexibility index (Phi) is 4.18. The number of carbonyl (C=O) groups excluding carboxylic acids is 1. The predicted molar refractivity (Wildman–Crippen MR) is 60.2 cm³/mol. The van der Waals surface area contributed by atoms with Crippen LogP contribution in [0.1, 0.15) is 23.2 Å². The molecular weight excluding hydrogens is 219 g/mol. The van der Waals surface area contributed by atoms with Crippen LogP contribution < -0.4 is 0 Å². The first kappa shape index (κ1) is 11.3. The van der Waals surface area contributed by atoms with Crippen LogP contribution >= 0.6 is 23.2 Å². The standard InChI is InChI=1S/C11H10Cl2O/c1-2-3-7-10(14)11-8(12)5-4-6-9(11)13/h2,4-6H,1,3,7H2. The van der Waals surface area contributed by atoms with Crippen molar-refractivity contribution in [2.45, 2.75) is 12.8 Å². The summed E-state index contributed by atoms with van der Waals surface area (Å²) in [5.74, 6) is -0.0412. The van der Waals surface area contributed by atoms with Gasteiger partial charge < -0.3 is 0 Å². The van der Waals surface area contributed by atoms with Crippen molar-refractivity contribution in [1.82, 2.24) is 0 Å². The second kappa shape index (κ2) is 5.18. The van der Waals surface area contributed by atoms with Crippen molar-refractivity contribution in [3.8, 4) is 0 Å². The van der Waals surface area contributed by atoms with Gasteiger partial charge in [-0.05, 0) is 18.6 Å². The minimum atomic E-state index is -0.0412. The Bertz CT molecular complexity index is 338. The third-order valence-electron chi connectivity index (χ3n) is 1.82. The van der Waals surface area contributed by atoms with Gasteiger partial charge in [0.05, 0.1) is 15.6 Å². The van der Waals surface area contributed by atoms with E-state index in [1.165, 1.54) is 0 Å². The number of benzene rings is 1. The summed E-state index contributed by atoms with van der Waals surface area (Å²) in [4.78, 5) is 11.6. The molecule has 1 aromatic carbocycles. The lowest BCUT2D eigenvalue weighted by Crippen LogP contribution is -2.00. The number of Topliss-reactive ketones (excluding diaryl/α,β-unsaturated/α-hetero) is 1. The van der Waals surface area contributed by atoms with Crippen molar-refractivity contribution in [2.75, 3.05) is 0 Å². The van der Waals surface area contributed by atoms with Crippen LogP contribution in [0.2, 0.25) is 10.0 Å². The summed E-state index contributed by atoms with van der Waals surface area (Å²) in [7, 11) is 0. The van der Waals surface area contributed by atoms with Gasteiger partial charge in [-0.3, -0.25) is 4.79 Å². The highest BCUT2D eigenvalue weighted by molar-refractivity contribution is 6.39. The zero-order valence-corrected chi connectivity index (χ0v) is 9.11. The Morgan fingerprint density at radius 1 is 1.36 bits per heavy atom. The molecular formula is C11H10Cl2O. The fourth-order valence-electron chi connectivity index (χ4n) is 1.12. The minimum absolute atomic E-state index is 0.0412. The molecule has 1 aromatic rings. The first-order chi connectivity index (χ1) is 6.66. The molecule has 0 spiro atoms. The third-order valence-corrected chi connectivity index (χ3v) is 2.45. The molecule has 0 aromatic heterocycles. The van der Waals surface area contributed by atoms with Crippen LogP contribution in [-0.2, 0) is 0 Å². The van der Waals surface area contributed by atoms with Crippen LogP contribution in [-0.4, -0.2) is 5.78 Å². The molecule has 0 aliphatic carbocycles. The molecule has 0 atom stereocenters. The van der Waals surface area contributed by atoms with Crippen molar-refractivity contribution in [3.63, 3.8) is 0 Å². The molecule has 0 heterocycles. The molecule has 1 nitrogen and oxygen atoms in total. The molecule has 0 amide bonds. The van der Waals surface area contributed by atoms with Crippen molar-refractivity contribution in [1.29, 1.82) is 0 Å². The summed E-state index contributed by atoms with van der Waals surface area (Å²) in [6.07, 6.45) is 2.73. The maximum atomic E-state index is 11.6. The Morgan fingerprint density at radius 3 is 2.43 bits per heavy atom. The lowest BCUT2D eigenvalue weighted by molar-refractivity contribution is 0.0984. The highest BCUT2D eigenvalue weighted by atomic mass is 35.5. The lowest BCUT2D eigenvalue weighted by atomic mass is 10.1. The summed E-state index contributed by atoms with van der Waals surface area (Å²) in [6.45, 7) is 3.55. The highest BCUT2D eigenvalue weighted by Gasteiger charge is 2.12. The first-order valence-electron chi connectivity index (χ1n) is 4.25. The summed E-state index contributed by atoms with van der Waals surface area (Å²) in [5, 5.41) is 0.818. The molecule has 0 N–H and O–H groups in total. The van der Waals surface area contributed by atoms with E-state index in [1.54, 1.807) is 24.3 Å². The molecule has 0 aliphatic heterocycles. The summed E-state index contributed by atoms with van der Waals surface area (Å²) in [6, 6.07) is 5.04. The van der Waals surface area contributed by atoms with Gasteiger partial charge in [0.15, 0.2) is 5.78 Å². The molecule has 0 aliphatic rings. The van der Waals surface area contributed by atoms with E-state index >= 15 is 0 Å². The van der Waals surface area contributed by atoms with Crippen molar-refractivity contribution in [2.24, 2.45) is 0 Å². The average Bonchev–Trinajstić information content (AvgIpc) is 2.14. The molecule has 0 saturated heterocycles. The number of rotatable bonds is 4. The zero-order chi connectivity index (χ0) is 10.6. The lowest BCUT2D eigenvalue weighted by Gasteiger charge is -2.04. The molecule has 74 valence electrons. The SMILES string of the molecule is C=CCCC(=O)c1c(Cl)cccc1Cl. The quantitative estimate of drug-likeness (QED) is 0.560. The number of carbonyl (C=O) groups is 1. The number of ketones is 1. The van der Waals surface area contributed by atoms with Gasteiger partial charge in [-0.1, -0.05) is 35.3 Å². The monoisotopic (exact) mass is 228 g/mol. The summed E-state index contributed by atoms with van der Waals surface area (Å²) in [5.41, 5.74) is 0.415. The Balaban J connectivity index is 2.94. The van der Waals surface area contributed by atoms with E-state index in [2.05, 4.69) is 6.58 Å². The highest BCUT2D eigenvalue weighted by Crippen LogP contribution is 2.25. The van der Waals surface area contributed by atoms with Crippen molar-refractivity contribution >= 4 is 29.0 Å². The van der Waals surface area contributed by atoms with Crippen LogP contribution in [0.3, 0.4) is 0 Å². The average molecular weight is 229 g/mol. The molecule has 0 fully saturated rings. The van der Waals surface area contributed by atoms with E-state index in [0.717, 1.165) is 0 Å². The number of halogens is 2. The molecule has 0 unspecified atom stereocenters. The fraction of sp³-hybridized carbons (Fsp3) is 0.182. The van der Waals surface area contributed by atoms with Crippen LogP contribution in [0.15, 0.2) is 30.9 Å². The van der Waals surface area contributed by atoms with E-state index in [4.69, 9.17) is 23.2 Å². The molecule has 1 rings (SSSR count). The van der Waals surface area contributed by atoms with Crippen LogP contribution in [0.5, 0.6) is 0 Å². The van der Waals surface area contributed by atoms with Crippen LogP contribution in [0.25, 0.3) is 0 Å². The van der Waals surface area contributed by atoms with Gasteiger partial charge in [0.25, 0.3) is 0 Å². The van der Waals surface area contributed by atoms with Gasteiger partial charge in [0.1, 0.15) is 0 Å². The largest absolute Gasteiger partial charge is 0.294 e. The normalized spacial score (nSPS) is 9.86. The van der Waals surface area contributed by atoms with Crippen molar-refractivity contribution in [3.05, 3.63) is 46.5 Å². The first-order valence-corrected chi connectivity index (χ1v) is 5.00. The van der Waals surface area contributed by atoms with E-state index < -0.39 is 0 Å². The topological polar surface area (TPSA) is 17.1 Å². The number of hydrogen-bond donors (Lipinski definition) is 0. The van der Waals surface area contributed by atoms with Crippen LogP contribution in [0, 0.1) is 0 Å². The summed E-state index contributed by atoms with van der Waals surface area (Å²) < 4.78 is 0. The Labute approximate surface area is 93.3 Å². The van der Waals surface area contributed by atoms with Gasteiger partial charge in [-0.15, -0.1) is 6.58 Å². The van der Waals surface area contributed by atoms with Gasteiger partial charge in [0, 0.05) is 6.42 Å². The molecule has 0 bridgehead atoms. The molecule has 0 saturated carbocycles. The summed E-state index contributed by atoms with van der Waals surface area (Å²) >= 11 is 11.7. The minimum Gasteiger partial charge on any atom is -0.294 e. The second-order valence-electron chi connectivity index (χ2n) is 2.85. The molecule has 0 radical (unpaired) electrons. The van der Waals surface area contributed by atoms with Crippen LogP contribution in [0.4, 0.5) is 0 Å². The van der Waals surface area contributed by atoms with E-state index in [9.17, 15) is 4.79 Å². The number of allylic oxidation sites excluding steroid dienone is 1. The zero-order valence-electron chi connectivity index (χ0n) is 7.59. The molecule has 14 heavy (non-hydrogen) atoms. The maximum absolute atomic E-state index is 11.6.